The number of nitrogens with zero attached hydrogens (tertiary/aromatic N) is 2. The lowest BCUT2D eigenvalue weighted by Crippen LogP contribution is -2.48. The number of carbonyl (C=O) groups excluding carboxylic acids is 1. The van der Waals surface area contributed by atoms with Crippen LogP contribution < -0.4 is 0 Å². The number of hydrogen-bond acceptors (Lipinski definition) is 3. The van der Waals surface area contributed by atoms with E-state index >= 15 is 0 Å². The maximum absolute atomic E-state index is 13.1. The van der Waals surface area contributed by atoms with Gasteiger partial charge in [-0.25, -0.2) is 0 Å². The molecule has 1 saturated heterocycles. The van der Waals surface area contributed by atoms with E-state index in [2.05, 4.69) is 13.0 Å². The third-order valence-electron chi connectivity index (χ3n) is 5.78. The van der Waals surface area contributed by atoms with E-state index in [-0.39, 0.29) is 5.91 Å². The summed E-state index contributed by atoms with van der Waals surface area (Å²) in [4.78, 5) is 19.8. The Hall–Kier alpha value is -1.94. The number of aryl methyl sites for hydroxylation is 2. The number of rotatable bonds is 2. The monoisotopic (exact) mass is 324 g/mol. The number of pyridine rings is 1. The predicted octanol–water partition coefficient (Wildman–Crippen LogP) is 3.35. The van der Waals surface area contributed by atoms with E-state index in [4.69, 9.17) is 9.72 Å². The Bertz CT molecular complexity index is 788. The number of piperidine rings is 1. The maximum atomic E-state index is 13.1. The first kappa shape index (κ1) is 15.6. The first-order valence-electron chi connectivity index (χ1n) is 8.77. The zero-order valence-electron chi connectivity index (χ0n) is 14.6. The van der Waals surface area contributed by atoms with E-state index in [1.165, 1.54) is 12.8 Å². The van der Waals surface area contributed by atoms with Gasteiger partial charge in [-0.1, -0.05) is 18.2 Å². The second-order valence-electron chi connectivity index (χ2n) is 7.28. The van der Waals surface area contributed by atoms with Crippen molar-refractivity contribution in [2.75, 3.05) is 20.2 Å². The first-order valence-corrected chi connectivity index (χ1v) is 8.77. The SMILES string of the molecule is COC1C2CCC1CN(C(=O)c1cc3cccc(C)c3nc1C)C2. The van der Waals surface area contributed by atoms with Crippen molar-refractivity contribution in [2.45, 2.75) is 32.8 Å². The molecule has 2 aromatic rings. The number of benzene rings is 1. The fourth-order valence-electron chi connectivity index (χ4n) is 4.55. The summed E-state index contributed by atoms with van der Waals surface area (Å²) in [7, 11) is 1.80. The summed E-state index contributed by atoms with van der Waals surface area (Å²) in [5.74, 6) is 1.08. The zero-order chi connectivity index (χ0) is 16.8. The second-order valence-corrected chi connectivity index (χ2v) is 7.28. The molecule has 2 unspecified atom stereocenters. The predicted molar refractivity (Wildman–Crippen MR) is 94.1 cm³/mol. The number of carbonyl (C=O) groups is 1. The van der Waals surface area contributed by atoms with Crippen LogP contribution in [0.3, 0.4) is 0 Å². The Balaban J connectivity index is 1.66. The highest BCUT2D eigenvalue weighted by Gasteiger charge is 2.43. The molecule has 0 N–H and O–H groups in total. The van der Waals surface area contributed by atoms with E-state index < -0.39 is 0 Å². The zero-order valence-corrected chi connectivity index (χ0v) is 14.6. The van der Waals surface area contributed by atoms with Crippen molar-refractivity contribution < 1.29 is 9.53 Å². The molecule has 1 saturated carbocycles. The Morgan fingerprint density at radius 3 is 2.58 bits per heavy atom. The van der Waals surface area contributed by atoms with Gasteiger partial charge in [-0.2, -0.15) is 0 Å². The molecule has 0 spiro atoms. The molecule has 126 valence electrons. The molecule has 4 nitrogen and oxygen atoms in total. The van der Waals surface area contributed by atoms with Crippen LogP contribution in [0.25, 0.3) is 10.9 Å². The summed E-state index contributed by atoms with van der Waals surface area (Å²) in [5.41, 5.74) is 3.70. The van der Waals surface area contributed by atoms with E-state index in [1.807, 2.05) is 30.0 Å². The van der Waals surface area contributed by atoms with Crippen LogP contribution in [0.2, 0.25) is 0 Å². The van der Waals surface area contributed by atoms with Gasteiger partial charge in [-0.3, -0.25) is 9.78 Å². The van der Waals surface area contributed by atoms with Crippen molar-refractivity contribution >= 4 is 16.8 Å². The van der Waals surface area contributed by atoms with E-state index in [0.29, 0.717) is 17.9 Å². The van der Waals surface area contributed by atoms with Crippen LogP contribution in [0, 0.1) is 25.7 Å². The number of para-hydroxylation sites is 1. The number of methoxy groups -OCH3 is 1. The van der Waals surface area contributed by atoms with Gasteiger partial charge in [0.1, 0.15) is 0 Å². The Morgan fingerprint density at radius 2 is 1.92 bits per heavy atom. The van der Waals surface area contributed by atoms with Gasteiger partial charge in [0.2, 0.25) is 0 Å². The molecule has 4 heteroatoms. The molecule has 1 aliphatic carbocycles. The molecule has 2 fully saturated rings. The molecule has 2 aliphatic rings. The topological polar surface area (TPSA) is 42.4 Å². The highest BCUT2D eigenvalue weighted by Crippen LogP contribution is 2.39. The summed E-state index contributed by atoms with van der Waals surface area (Å²) >= 11 is 0. The van der Waals surface area contributed by atoms with Gasteiger partial charge in [0.05, 0.1) is 22.9 Å². The summed E-state index contributed by atoms with van der Waals surface area (Å²) in [6, 6.07) is 8.13. The lowest BCUT2D eigenvalue weighted by Gasteiger charge is -2.37. The minimum Gasteiger partial charge on any atom is -0.381 e. The number of aromatic nitrogens is 1. The number of ether oxygens (including phenoxy) is 1. The molecule has 1 amide bonds. The molecule has 0 radical (unpaired) electrons. The van der Waals surface area contributed by atoms with Crippen LogP contribution in [0.1, 0.15) is 34.5 Å². The molecule has 24 heavy (non-hydrogen) atoms. The number of fused-ring (bicyclic) bond motifs is 3. The lowest BCUT2D eigenvalue weighted by molar-refractivity contribution is -0.0114. The van der Waals surface area contributed by atoms with Crippen molar-refractivity contribution in [3.05, 3.63) is 41.1 Å². The molecule has 2 bridgehead atoms. The summed E-state index contributed by atoms with van der Waals surface area (Å²) in [6.07, 6.45) is 2.66. The second kappa shape index (κ2) is 5.85. The highest BCUT2D eigenvalue weighted by molar-refractivity contribution is 5.99. The van der Waals surface area contributed by atoms with Gasteiger partial charge in [0, 0.05) is 37.4 Å². The van der Waals surface area contributed by atoms with Crippen molar-refractivity contribution in [3.63, 3.8) is 0 Å². The van der Waals surface area contributed by atoms with Crippen LogP contribution in [-0.2, 0) is 4.74 Å². The molecule has 1 aromatic carbocycles. The fourth-order valence-corrected chi connectivity index (χ4v) is 4.55. The van der Waals surface area contributed by atoms with E-state index in [1.54, 1.807) is 7.11 Å². The minimum absolute atomic E-state index is 0.120. The fraction of sp³-hybridized carbons (Fsp3) is 0.500. The number of likely N-dealkylation sites (tertiary alicyclic amines) is 1. The van der Waals surface area contributed by atoms with Crippen LogP contribution in [0.4, 0.5) is 0 Å². The summed E-state index contributed by atoms with van der Waals surface area (Å²) in [6.45, 7) is 5.61. The van der Waals surface area contributed by atoms with Crippen LogP contribution in [-0.4, -0.2) is 42.1 Å². The van der Waals surface area contributed by atoms with Crippen LogP contribution in [0.5, 0.6) is 0 Å². The molecular weight excluding hydrogens is 300 g/mol. The van der Waals surface area contributed by atoms with Gasteiger partial charge < -0.3 is 9.64 Å². The Labute approximate surface area is 142 Å². The van der Waals surface area contributed by atoms with Gasteiger partial charge in [0.25, 0.3) is 5.91 Å². The largest absolute Gasteiger partial charge is 0.381 e. The van der Waals surface area contributed by atoms with Crippen LogP contribution >= 0.6 is 0 Å². The highest BCUT2D eigenvalue weighted by atomic mass is 16.5. The van der Waals surface area contributed by atoms with Gasteiger partial charge in [-0.15, -0.1) is 0 Å². The molecule has 1 aliphatic heterocycles. The van der Waals surface area contributed by atoms with Gasteiger partial charge in [0.15, 0.2) is 0 Å². The lowest BCUT2D eigenvalue weighted by atomic mass is 9.94. The summed E-state index contributed by atoms with van der Waals surface area (Å²) in [5, 5.41) is 1.04. The van der Waals surface area contributed by atoms with Crippen LogP contribution in [0.15, 0.2) is 24.3 Å². The normalized spacial score (nSPS) is 26.1. The van der Waals surface area contributed by atoms with Crippen molar-refractivity contribution in [1.29, 1.82) is 0 Å². The van der Waals surface area contributed by atoms with Gasteiger partial charge >= 0.3 is 0 Å². The molecule has 2 heterocycles. The maximum Gasteiger partial charge on any atom is 0.255 e. The van der Waals surface area contributed by atoms with Crippen molar-refractivity contribution in [2.24, 2.45) is 11.8 Å². The molecular formula is C20H24N2O2. The first-order chi connectivity index (χ1) is 11.6. The molecule has 1 aromatic heterocycles. The Morgan fingerprint density at radius 1 is 1.21 bits per heavy atom. The van der Waals surface area contributed by atoms with Crippen molar-refractivity contribution in [1.82, 2.24) is 9.88 Å². The smallest absolute Gasteiger partial charge is 0.255 e. The standard InChI is InChI=1S/C20H24N2O2/c1-12-5-4-6-14-9-17(13(2)21-18(12)14)20(23)22-10-15-7-8-16(11-22)19(15)24-3/h4-6,9,15-16,19H,7-8,10-11H2,1-3H3. The third kappa shape index (κ3) is 2.40. The van der Waals surface area contributed by atoms with E-state index in [0.717, 1.165) is 40.8 Å². The van der Waals surface area contributed by atoms with E-state index in [9.17, 15) is 4.79 Å². The number of amides is 1. The molecule has 4 rings (SSSR count). The van der Waals surface area contributed by atoms with Crippen molar-refractivity contribution in [3.8, 4) is 0 Å². The summed E-state index contributed by atoms with van der Waals surface area (Å²) < 4.78 is 5.66. The van der Waals surface area contributed by atoms with Gasteiger partial charge in [-0.05, 0) is 38.3 Å². The average Bonchev–Trinajstić information content (AvgIpc) is 2.82. The third-order valence-corrected chi connectivity index (χ3v) is 5.78. The molecule has 2 atom stereocenters. The quantitative estimate of drug-likeness (QED) is 0.851. The number of hydrogen-bond donors (Lipinski definition) is 0. The minimum atomic E-state index is 0.120. The Kier molecular flexibility index (Phi) is 3.80. The average molecular weight is 324 g/mol.